The molecular weight excluding hydrogens is 452 g/mol. The van der Waals surface area contributed by atoms with Gasteiger partial charge in [-0.05, 0) is 25.1 Å². The van der Waals surface area contributed by atoms with Gasteiger partial charge in [-0.25, -0.2) is 4.79 Å². The van der Waals surface area contributed by atoms with Crippen LogP contribution < -0.4 is 5.69 Å². The maximum Gasteiger partial charge on any atom is 0.350 e. The molecule has 1 aliphatic heterocycles. The summed E-state index contributed by atoms with van der Waals surface area (Å²) in [6.07, 6.45) is -2.88. The average Bonchev–Trinajstić information content (AvgIpc) is 3.04. The first-order chi connectivity index (χ1) is 15.6. The highest BCUT2D eigenvalue weighted by atomic mass is 32.2. The molecule has 176 valence electrons. The highest BCUT2D eigenvalue weighted by Crippen LogP contribution is 2.34. The lowest BCUT2D eigenvalue weighted by atomic mass is 10.1. The lowest BCUT2D eigenvalue weighted by Gasteiger charge is -2.23. The van der Waals surface area contributed by atoms with Crippen molar-refractivity contribution >= 4 is 29.7 Å². The lowest BCUT2D eigenvalue weighted by molar-refractivity contribution is -0.166. The van der Waals surface area contributed by atoms with Gasteiger partial charge in [0.15, 0.2) is 18.4 Å². The van der Waals surface area contributed by atoms with Gasteiger partial charge in [0.05, 0.1) is 0 Å². The molecule has 10 nitrogen and oxygen atoms in total. The number of nitrogens with zero attached hydrogens (tertiary/aromatic N) is 2. The summed E-state index contributed by atoms with van der Waals surface area (Å²) in [6.45, 7) is 5.31. The number of rotatable bonds is 7. The molecule has 1 saturated heterocycles. The second-order valence-corrected chi connectivity index (χ2v) is 8.48. The molecule has 4 atom stereocenters. The third-order valence-corrected chi connectivity index (χ3v) is 5.61. The smallest absolute Gasteiger partial charge is 0.350 e. The van der Waals surface area contributed by atoms with Gasteiger partial charge in [-0.3, -0.25) is 19.0 Å². The fraction of sp³-hybridized carbons (Fsp3) is 0.409. The molecule has 2 heterocycles. The largest absolute Gasteiger partial charge is 0.463 e. The van der Waals surface area contributed by atoms with Crippen LogP contribution in [0.15, 0.2) is 51.2 Å². The number of ether oxygens (including phenoxy) is 4. The third kappa shape index (κ3) is 6.42. The zero-order valence-corrected chi connectivity index (χ0v) is 19.4. The number of esters is 3. The Morgan fingerprint density at radius 3 is 2.21 bits per heavy atom. The van der Waals surface area contributed by atoms with Crippen LogP contribution in [0.5, 0.6) is 0 Å². The summed E-state index contributed by atoms with van der Waals surface area (Å²) in [4.78, 5) is 52.5. The molecule has 1 aliphatic rings. The van der Waals surface area contributed by atoms with Gasteiger partial charge in [0, 0.05) is 31.9 Å². The molecule has 0 radical (unpaired) electrons. The number of benzene rings is 1. The molecule has 0 N–H and O–H groups in total. The Morgan fingerprint density at radius 1 is 1.00 bits per heavy atom. The van der Waals surface area contributed by atoms with Gasteiger partial charge < -0.3 is 18.9 Å². The van der Waals surface area contributed by atoms with Gasteiger partial charge in [-0.1, -0.05) is 29.5 Å². The van der Waals surface area contributed by atoms with Crippen LogP contribution in [0, 0.1) is 6.92 Å². The first kappa shape index (κ1) is 24.5. The van der Waals surface area contributed by atoms with E-state index >= 15 is 0 Å². The van der Waals surface area contributed by atoms with E-state index in [-0.39, 0.29) is 6.61 Å². The van der Waals surface area contributed by atoms with E-state index in [0.717, 1.165) is 15.0 Å². The Bertz CT molecular complexity index is 1080. The summed E-state index contributed by atoms with van der Waals surface area (Å²) < 4.78 is 22.7. The molecule has 11 heteroatoms. The molecule has 0 spiro atoms. The Morgan fingerprint density at radius 2 is 1.64 bits per heavy atom. The van der Waals surface area contributed by atoms with Crippen molar-refractivity contribution in [2.75, 3.05) is 6.61 Å². The fourth-order valence-corrected chi connectivity index (χ4v) is 4.06. The molecule has 1 aromatic heterocycles. The Labute approximate surface area is 194 Å². The molecule has 33 heavy (non-hydrogen) atoms. The van der Waals surface area contributed by atoms with Gasteiger partial charge in [0.2, 0.25) is 0 Å². The van der Waals surface area contributed by atoms with Crippen molar-refractivity contribution in [2.24, 2.45) is 0 Å². The maximum absolute atomic E-state index is 12.8. The minimum Gasteiger partial charge on any atom is -0.463 e. The van der Waals surface area contributed by atoms with E-state index in [9.17, 15) is 19.2 Å². The van der Waals surface area contributed by atoms with E-state index in [0.29, 0.717) is 5.03 Å². The topological polar surface area (TPSA) is 123 Å². The van der Waals surface area contributed by atoms with Crippen LogP contribution in [-0.2, 0) is 33.3 Å². The van der Waals surface area contributed by atoms with E-state index in [1.807, 2.05) is 31.2 Å². The predicted molar refractivity (Wildman–Crippen MR) is 115 cm³/mol. The summed E-state index contributed by atoms with van der Waals surface area (Å²) in [6, 6.07) is 9.39. The van der Waals surface area contributed by atoms with Crippen LogP contribution in [0.1, 0.15) is 32.6 Å². The molecule has 0 amide bonds. The first-order valence-electron chi connectivity index (χ1n) is 10.1. The minimum atomic E-state index is -1.15. The quantitative estimate of drug-likeness (QED) is 0.333. The molecule has 1 aromatic carbocycles. The monoisotopic (exact) mass is 476 g/mol. The maximum atomic E-state index is 12.8. The molecule has 3 rings (SSSR count). The standard InChI is InChI=1S/C22H24N2O8S/c1-12-5-7-16(8-6-12)33-18-9-10-24(22(28)23-18)21-20(31-15(4)27)19(30-14(3)26)17(32-21)11-29-13(2)25/h5-10,17,19-21H,11H2,1-4H3/t17-,19-,20-,21-/m1/s1. The molecule has 0 saturated carbocycles. The normalized spacial score (nSPS) is 21.9. The third-order valence-electron chi connectivity index (χ3n) is 4.66. The second kappa shape index (κ2) is 10.6. The summed E-state index contributed by atoms with van der Waals surface area (Å²) >= 11 is 1.32. The summed E-state index contributed by atoms with van der Waals surface area (Å²) in [5.41, 5.74) is 0.465. The zero-order chi connectivity index (χ0) is 24.1. The number of hydrogen-bond acceptors (Lipinski definition) is 10. The van der Waals surface area contributed by atoms with Gasteiger partial charge >= 0.3 is 23.6 Å². The van der Waals surface area contributed by atoms with Crippen molar-refractivity contribution in [1.82, 2.24) is 9.55 Å². The number of aryl methyl sites for hydroxylation is 1. The summed E-state index contributed by atoms with van der Waals surface area (Å²) in [5, 5.41) is 0.468. The number of carbonyl (C=O) groups excluding carboxylic acids is 3. The van der Waals surface area contributed by atoms with E-state index in [1.54, 1.807) is 6.07 Å². The lowest BCUT2D eigenvalue weighted by Crippen LogP contribution is -2.41. The van der Waals surface area contributed by atoms with Crippen molar-refractivity contribution in [1.29, 1.82) is 0 Å². The van der Waals surface area contributed by atoms with Gasteiger partial charge in [0.1, 0.15) is 17.7 Å². The van der Waals surface area contributed by atoms with Crippen molar-refractivity contribution in [3.05, 3.63) is 52.6 Å². The van der Waals surface area contributed by atoms with Crippen molar-refractivity contribution in [3.63, 3.8) is 0 Å². The van der Waals surface area contributed by atoms with Gasteiger partial charge in [-0.15, -0.1) is 0 Å². The molecule has 2 aromatic rings. The Hall–Kier alpha value is -3.18. The van der Waals surface area contributed by atoms with Gasteiger partial charge in [0.25, 0.3) is 0 Å². The summed E-state index contributed by atoms with van der Waals surface area (Å²) in [7, 11) is 0. The van der Waals surface area contributed by atoms with Crippen molar-refractivity contribution < 1.29 is 33.3 Å². The van der Waals surface area contributed by atoms with E-state index in [1.165, 1.54) is 38.7 Å². The Kier molecular flexibility index (Phi) is 7.88. The Balaban J connectivity index is 1.89. The molecule has 1 fully saturated rings. The molecule has 0 bridgehead atoms. The number of aromatic nitrogens is 2. The van der Waals surface area contributed by atoms with Crippen LogP contribution in [0.2, 0.25) is 0 Å². The first-order valence-corrected chi connectivity index (χ1v) is 10.9. The van der Waals surface area contributed by atoms with E-state index < -0.39 is 48.1 Å². The average molecular weight is 477 g/mol. The second-order valence-electron chi connectivity index (χ2n) is 7.39. The van der Waals surface area contributed by atoms with E-state index in [2.05, 4.69) is 4.98 Å². The fourth-order valence-electron chi connectivity index (χ4n) is 3.29. The molecule has 0 aliphatic carbocycles. The van der Waals surface area contributed by atoms with Gasteiger partial charge in [-0.2, -0.15) is 4.98 Å². The predicted octanol–water partition coefficient (Wildman–Crippen LogP) is 2.03. The van der Waals surface area contributed by atoms with E-state index in [4.69, 9.17) is 18.9 Å². The van der Waals surface area contributed by atoms with Crippen LogP contribution in [0.25, 0.3) is 0 Å². The van der Waals surface area contributed by atoms with Crippen LogP contribution in [-0.4, -0.2) is 52.4 Å². The number of hydrogen-bond donors (Lipinski definition) is 0. The minimum absolute atomic E-state index is 0.259. The van der Waals surface area contributed by atoms with Crippen LogP contribution in [0.4, 0.5) is 0 Å². The highest BCUT2D eigenvalue weighted by molar-refractivity contribution is 7.99. The highest BCUT2D eigenvalue weighted by Gasteiger charge is 2.50. The molecule has 0 unspecified atom stereocenters. The van der Waals surface area contributed by atoms with Crippen LogP contribution in [0.3, 0.4) is 0 Å². The SMILES string of the molecule is CC(=O)OC[C@H]1O[C@@H](n2ccc(Sc3ccc(C)cc3)nc2=O)[C@H](OC(C)=O)[C@@H]1OC(C)=O. The van der Waals surface area contributed by atoms with Crippen LogP contribution >= 0.6 is 11.8 Å². The van der Waals surface area contributed by atoms with Crippen molar-refractivity contribution in [3.8, 4) is 0 Å². The summed E-state index contributed by atoms with van der Waals surface area (Å²) in [5.74, 6) is -1.88. The van der Waals surface area contributed by atoms with Crippen molar-refractivity contribution in [2.45, 2.75) is 62.2 Å². The zero-order valence-electron chi connectivity index (χ0n) is 18.5. The molecular formula is C22H24N2O8S. The number of carbonyl (C=O) groups is 3.